The average molecular weight is 209 g/mol. The third kappa shape index (κ3) is 1.90. The largest absolute Gasteiger partial charge is 0.459 e. The first-order chi connectivity index (χ1) is 7.11. The zero-order valence-electron chi connectivity index (χ0n) is 9.03. The van der Waals surface area contributed by atoms with Crippen molar-refractivity contribution in [3.8, 4) is 0 Å². The summed E-state index contributed by atoms with van der Waals surface area (Å²) in [6.07, 6.45) is 1.51. The van der Waals surface area contributed by atoms with Crippen molar-refractivity contribution >= 4 is 5.91 Å². The first-order valence-corrected chi connectivity index (χ1v) is 5.04. The third-order valence-electron chi connectivity index (χ3n) is 2.62. The molecule has 0 aliphatic carbocycles. The lowest BCUT2D eigenvalue weighted by molar-refractivity contribution is -0.0383. The van der Waals surface area contributed by atoms with Crippen LogP contribution in [0.4, 0.5) is 0 Å². The number of carbonyl (C=O) groups excluding carboxylic acids is 1. The van der Waals surface area contributed by atoms with Gasteiger partial charge in [0.25, 0.3) is 5.91 Å². The summed E-state index contributed by atoms with van der Waals surface area (Å²) in [7, 11) is 0. The lowest BCUT2D eigenvalue weighted by atomic mass is 10.0. The molecule has 1 aliphatic rings. The van der Waals surface area contributed by atoms with Crippen LogP contribution in [-0.2, 0) is 4.74 Å². The molecule has 1 saturated heterocycles. The third-order valence-corrected chi connectivity index (χ3v) is 2.62. The van der Waals surface area contributed by atoms with Crippen LogP contribution in [-0.4, -0.2) is 36.1 Å². The Morgan fingerprint density at radius 2 is 2.33 bits per heavy atom. The van der Waals surface area contributed by atoms with Gasteiger partial charge in [-0.3, -0.25) is 4.79 Å². The highest BCUT2D eigenvalue weighted by atomic mass is 16.5. The number of amides is 1. The lowest BCUT2D eigenvalue weighted by Crippen LogP contribution is -2.55. The second-order valence-corrected chi connectivity index (χ2v) is 4.30. The molecule has 1 aromatic rings. The molecule has 4 heteroatoms. The zero-order chi connectivity index (χ0) is 10.9. The number of nitrogens with zero attached hydrogens (tertiary/aromatic N) is 1. The Bertz CT molecular complexity index is 343. The van der Waals surface area contributed by atoms with Crippen molar-refractivity contribution < 1.29 is 13.9 Å². The first kappa shape index (κ1) is 10.2. The summed E-state index contributed by atoms with van der Waals surface area (Å²) >= 11 is 0. The molecule has 0 spiro atoms. The van der Waals surface area contributed by atoms with E-state index in [-0.39, 0.29) is 11.4 Å². The summed E-state index contributed by atoms with van der Waals surface area (Å²) in [5.41, 5.74) is -0.262. The van der Waals surface area contributed by atoms with Crippen molar-refractivity contribution in [1.29, 1.82) is 0 Å². The molecule has 0 N–H and O–H groups in total. The summed E-state index contributed by atoms with van der Waals surface area (Å²) in [6.45, 7) is 5.77. The van der Waals surface area contributed by atoms with Crippen LogP contribution in [0.3, 0.4) is 0 Å². The van der Waals surface area contributed by atoms with Crippen LogP contribution in [0.1, 0.15) is 24.4 Å². The van der Waals surface area contributed by atoms with E-state index in [1.165, 1.54) is 6.26 Å². The molecule has 1 fully saturated rings. The molecule has 4 nitrogen and oxygen atoms in total. The highest BCUT2D eigenvalue weighted by molar-refractivity contribution is 5.92. The topological polar surface area (TPSA) is 42.7 Å². The Kier molecular flexibility index (Phi) is 2.52. The van der Waals surface area contributed by atoms with E-state index < -0.39 is 0 Å². The molecule has 1 aliphatic heterocycles. The summed E-state index contributed by atoms with van der Waals surface area (Å²) in [5, 5.41) is 0. The van der Waals surface area contributed by atoms with Crippen LogP contribution in [0, 0.1) is 0 Å². The van der Waals surface area contributed by atoms with Gasteiger partial charge in [-0.1, -0.05) is 0 Å². The maximum absolute atomic E-state index is 12.1. The van der Waals surface area contributed by atoms with Crippen molar-refractivity contribution in [3.63, 3.8) is 0 Å². The van der Waals surface area contributed by atoms with Gasteiger partial charge in [0, 0.05) is 6.54 Å². The summed E-state index contributed by atoms with van der Waals surface area (Å²) in [5.74, 6) is 0.332. The van der Waals surface area contributed by atoms with Gasteiger partial charge < -0.3 is 14.1 Å². The summed E-state index contributed by atoms with van der Waals surface area (Å²) < 4.78 is 10.5. The fourth-order valence-electron chi connectivity index (χ4n) is 1.77. The Hall–Kier alpha value is -1.29. The van der Waals surface area contributed by atoms with Crippen molar-refractivity contribution in [2.75, 3.05) is 19.8 Å². The highest BCUT2D eigenvalue weighted by Gasteiger charge is 2.35. The van der Waals surface area contributed by atoms with Crippen LogP contribution in [0.5, 0.6) is 0 Å². The van der Waals surface area contributed by atoms with Gasteiger partial charge in [-0.05, 0) is 26.0 Å². The minimum absolute atomic E-state index is 0.0618. The quantitative estimate of drug-likeness (QED) is 0.704. The maximum Gasteiger partial charge on any atom is 0.290 e. The molecule has 0 bridgehead atoms. The van der Waals surface area contributed by atoms with Crippen molar-refractivity contribution in [1.82, 2.24) is 4.90 Å². The molecule has 0 atom stereocenters. The van der Waals surface area contributed by atoms with E-state index in [4.69, 9.17) is 9.15 Å². The van der Waals surface area contributed by atoms with E-state index in [2.05, 4.69) is 0 Å². The number of carbonyl (C=O) groups is 1. The molecule has 0 unspecified atom stereocenters. The predicted octanol–water partition coefficient (Wildman–Crippen LogP) is 1.53. The van der Waals surface area contributed by atoms with Crippen LogP contribution < -0.4 is 0 Å². The zero-order valence-corrected chi connectivity index (χ0v) is 9.03. The molecular weight excluding hydrogens is 194 g/mol. The van der Waals surface area contributed by atoms with Gasteiger partial charge in [-0.15, -0.1) is 0 Å². The number of hydrogen-bond acceptors (Lipinski definition) is 3. The molecule has 1 aromatic heterocycles. The Labute approximate surface area is 88.8 Å². The van der Waals surface area contributed by atoms with Gasteiger partial charge in [0.2, 0.25) is 0 Å². The van der Waals surface area contributed by atoms with Crippen LogP contribution in [0.25, 0.3) is 0 Å². The van der Waals surface area contributed by atoms with Gasteiger partial charge in [0.05, 0.1) is 25.0 Å². The number of furan rings is 1. The Morgan fingerprint density at radius 3 is 2.93 bits per heavy atom. The van der Waals surface area contributed by atoms with Crippen molar-refractivity contribution in [2.45, 2.75) is 19.4 Å². The molecule has 0 aromatic carbocycles. The van der Waals surface area contributed by atoms with E-state index in [1.54, 1.807) is 17.0 Å². The molecule has 0 radical (unpaired) electrons. The fourth-order valence-corrected chi connectivity index (χ4v) is 1.77. The molecule has 82 valence electrons. The van der Waals surface area contributed by atoms with Gasteiger partial charge >= 0.3 is 0 Å². The molecule has 0 saturated carbocycles. The maximum atomic E-state index is 12.1. The average Bonchev–Trinajstić information content (AvgIpc) is 2.69. The highest BCUT2D eigenvalue weighted by Crippen LogP contribution is 2.21. The number of hydrogen-bond donors (Lipinski definition) is 0. The van der Waals surface area contributed by atoms with E-state index >= 15 is 0 Å². The summed E-state index contributed by atoms with van der Waals surface area (Å²) in [4.78, 5) is 13.9. The number of rotatable bonds is 1. The minimum Gasteiger partial charge on any atom is -0.459 e. The lowest BCUT2D eigenvalue weighted by Gasteiger charge is -2.41. The second kappa shape index (κ2) is 3.70. The van der Waals surface area contributed by atoms with Gasteiger partial charge in [-0.2, -0.15) is 0 Å². The monoisotopic (exact) mass is 209 g/mol. The molecule has 2 heterocycles. The number of ether oxygens (including phenoxy) is 1. The van der Waals surface area contributed by atoms with Crippen LogP contribution in [0.15, 0.2) is 22.8 Å². The molecular formula is C11H15NO3. The SMILES string of the molecule is CC1(C)COCCN1C(=O)c1ccco1. The number of morpholine rings is 1. The van der Waals surface area contributed by atoms with Gasteiger partial charge in [-0.25, -0.2) is 0 Å². The van der Waals surface area contributed by atoms with Crippen molar-refractivity contribution in [2.24, 2.45) is 0 Å². The van der Waals surface area contributed by atoms with Gasteiger partial charge in [0.15, 0.2) is 5.76 Å². The normalized spacial score (nSPS) is 20.3. The van der Waals surface area contributed by atoms with E-state index in [1.807, 2.05) is 13.8 Å². The Balaban J connectivity index is 2.19. The molecule has 1 amide bonds. The molecule has 15 heavy (non-hydrogen) atoms. The Morgan fingerprint density at radius 1 is 1.53 bits per heavy atom. The van der Waals surface area contributed by atoms with E-state index in [0.29, 0.717) is 25.5 Å². The first-order valence-electron chi connectivity index (χ1n) is 5.04. The summed E-state index contributed by atoms with van der Waals surface area (Å²) in [6, 6.07) is 3.41. The van der Waals surface area contributed by atoms with E-state index in [0.717, 1.165) is 0 Å². The van der Waals surface area contributed by atoms with E-state index in [9.17, 15) is 4.79 Å². The van der Waals surface area contributed by atoms with Crippen LogP contribution >= 0.6 is 0 Å². The minimum atomic E-state index is -0.262. The smallest absolute Gasteiger partial charge is 0.290 e. The second-order valence-electron chi connectivity index (χ2n) is 4.30. The van der Waals surface area contributed by atoms with Crippen molar-refractivity contribution in [3.05, 3.63) is 24.2 Å². The standard InChI is InChI=1S/C11H15NO3/c1-11(2)8-14-7-5-12(11)10(13)9-4-3-6-15-9/h3-4,6H,5,7-8H2,1-2H3. The van der Waals surface area contributed by atoms with Crippen LogP contribution in [0.2, 0.25) is 0 Å². The molecule has 2 rings (SSSR count). The fraction of sp³-hybridized carbons (Fsp3) is 0.545. The van der Waals surface area contributed by atoms with Gasteiger partial charge in [0.1, 0.15) is 0 Å². The predicted molar refractivity (Wildman–Crippen MR) is 54.6 cm³/mol.